The van der Waals surface area contributed by atoms with E-state index < -0.39 is 6.10 Å². The van der Waals surface area contributed by atoms with Crippen LogP contribution >= 0.6 is 0 Å². The Morgan fingerprint density at radius 1 is 1.47 bits per heavy atom. The third kappa shape index (κ3) is 4.89. The minimum absolute atomic E-state index is 0.153. The van der Waals surface area contributed by atoms with Gasteiger partial charge in [-0.2, -0.15) is 0 Å². The van der Waals surface area contributed by atoms with Gasteiger partial charge in [-0.3, -0.25) is 0 Å². The second-order valence-corrected chi connectivity index (χ2v) is 5.12. The minimum atomic E-state index is -0.431. The van der Waals surface area contributed by atoms with Gasteiger partial charge in [0.1, 0.15) is 0 Å². The maximum absolute atomic E-state index is 9.68. The fourth-order valence-corrected chi connectivity index (χ4v) is 2.47. The van der Waals surface area contributed by atoms with Crippen molar-refractivity contribution in [2.24, 2.45) is 11.1 Å². The molecule has 0 amide bonds. The van der Waals surface area contributed by atoms with E-state index in [0.717, 1.165) is 32.6 Å². The highest BCUT2D eigenvalue weighted by atomic mass is 16.5. The van der Waals surface area contributed by atoms with Crippen LogP contribution in [0.2, 0.25) is 0 Å². The van der Waals surface area contributed by atoms with E-state index in [1.807, 2.05) is 7.05 Å². The smallest absolute Gasteiger partial charge is 0.0899 e. The van der Waals surface area contributed by atoms with Gasteiger partial charge in [-0.25, -0.2) is 0 Å². The van der Waals surface area contributed by atoms with Gasteiger partial charge in [-0.1, -0.05) is 0 Å². The Morgan fingerprint density at radius 2 is 2.12 bits per heavy atom. The normalized spacial score (nSPS) is 21.7. The molecule has 0 bridgehead atoms. The number of ether oxygens (including phenoxy) is 2. The fourth-order valence-electron chi connectivity index (χ4n) is 2.47. The Kier molecular flexibility index (Phi) is 6.37. The average molecular weight is 246 g/mol. The maximum Gasteiger partial charge on any atom is 0.0899 e. The lowest BCUT2D eigenvalue weighted by molar-refractivity contribution is -0.00944. The van der Waals surface area contributed by atoms with E-state index in [-0.39, 0.29) is 5.41 Å². The number of nitrogens with two attached hydrogens (primary N) is 1. The third-order valence-corrected chi connectivity index (χ3v) is 3.47. The molecule has 17 heavy (non-hydrogen) atoms. The summed E-state index contributed by atoms with van der Waals surface area (Å²) in [5, 5.41) is 9.68. The van der Waals surface area contributed by atoms with Crippen LogP contribution in [0.3, 0.4) is 0 Å². The number of methoxy groups -OCH3 is 1. The van der Waals surface area contributed by atoms with E-state index >= 15 is 0 Å². The Labute approximate surface area is 104 Å². The minimum Gasteiger partial charge on any atom is -0.389 e. The molecule has 5 nitrogen and oxygen atoms in total. The van der Waals surface area contributed by atoms with Crippen molar-refractivity contribution < 1.29 is 14.6 Å². The van der Waals surface area contributed by atoms with Gasteiger partial charge in [0.05, 0.1) is 12.7 Å². The van der Waals surface area contributed by atoms with Crippen molar-refractivity contribution in [2.45, 2.75) is 18.9 Å². The van der Waals surface area contributed by atoms with Gasteiger partial charge in [-0.15, -0.1) is 0 Å². The van der Waals surface area contributed by atoms with Crippen molar-refractivity contribution in [3.63, 3.8) is 0 Å². The lowest BCUT2D eigenvalue weighted by Gasteiger charge is -2.39. The predicted octanol–water partition coefficient (Wildman–Crippen LogP) is -0.319. The molecule has 1 rings (SSSR count). The molecule has 0 aromatic heterocycles. The van der Waals surface area contributed by atoms with E-state index in [0.29, 0.717) is 19.7 Å². The summed E-state index contributed by atoms with van der Waals surface area (Å²) in [5.74, 6) is 0. The van der Waals surface area contributed by atoms with Gasteiger partial charge in [0, 0.05) is 33.4 Å². The first-order valence-electron chi connectivity index (χ1n) is 6.25. The third-order valence-electron chi connectivity index (χ3n) is 3.47. The average Bonchev–Trinajstić information content (AvgIpc) is 2.30. The number of likely N-dealkylation sites (N-methyl/N-ethyl adjacent to an activating group) is 1. The number of aliphatic hydroxyl groups is 1. The Morgan fingerprint density at radius 3 is 2.65 bits per heavy atom. The van der Waals surface area contributed by atoms with Crippen molar-refractivity contribution in [3.05, 3.63) is 0 Å². The molecule has 1 unspecified atom stereocenters. The first-order valence-corrected chi connectivity index (χ1v) is 6.25. The highest BCUT2D eigenvalue weighted by Crippen LogP contribution is 2.29. The summed E-state index contributed by atoms with van der Waals surface area (Å²) in [6, 6.07) is 0. The SMILES string of the molecule is COCC(O)CN(C)CC1(CN)CCOCC1. The molecule has 1 fully saturated rings. The molecule has 1 saturated heterocycles. The molecule has 1 aliphatic heterocycles. The molecule has 0 radical (unpaired) electrons. The van der Waals surface area contributed by atoms with Crippen LogP contribution in [0.15, 0.2) is 0 Å². The topological polar surface area (TPSA) is 68.0 Å². The maximum atomic E-state index is 9.68. The Hall–Kier alpha value is -0.200. The highest BCUT2D eigenvalue weighted by molar-refractivity contribution is 4.85. The second kappa shape index (κ2) is 7.28. The summed E-state index contributed by atoms with van der Waals surface area (Å²) in [7, 11) is 3.62. The number of rotatable bonds is 7. The van der Waals surface area contributed by atoms with Crippen LogP contribution in [-0.4, -0.2) is 69.7 Å². The predicted molar refractivity (Wildman–Crippen MR) is 66.9 cm³/mol. The molecular weight excluding hydrogens is 220 g/mol. The Balaban J connectivity index is 2.38. The molecule has 0 spiro atoms. The number of aliphatic hydroxyl groups excluding tert-OH is 1. The summed E-state index contributed by atoms with van der Waals surface area (Å²) in [6.07, 6.45) is 1.59. The monoisotopic (exact) mass is 246 g/mol. The van der Waals surface area contributed by atoms with Crippen LogP contribution in [0.4, 0.5) is 0 Å². The molecule has 1 aliphatic rings. The molecule has 102 valence electrons. The fraction of sp³-hybridized carbons (Fsp3) is 1.00. The van der Waals surface area contributed by atoms with Gasteiger partial charge >= 0.3 is 0 Å². The quantitative estimate of drug-likeness (QED) is 0.644. The van der Waals surface area contributed by atoms with Gasteiger partial charge in [0.2, 0.25) is 0 Å². The summed E-state index contributed by atoms with van der Waals surface area (Å²) < 4.78 is 10.3. The molecule has 0 saturated carbocycles. The van der Waals surface area contributed by atoms with E-state index in [9.17, 15) is 5.11 Å². The molecule has 0 aliphatic carbocycles. The van der Waals surface area contributed by atoms with Crippen molar-refractivity contribution in [1.82, 2.24) is 4.90 Å². The number of nitrogens with zero attached hydrogens (tertiary/aromatic N) is 1. The van der Waals surface area contributed by atoms with Crippen molar-refractivity contribution in [2.75, 3.05) is 53.6 Å². The van der Waals surface area contributed by atoms with Crippen molar-refractivity contribution in [1.29, 1.82) is 0 Å². The second-order valence-electron chi connectivity index (χ2n) is 5.12. The van der Waals surface area contributed by atoms with Crippen LogP contribution in [0.5, 0.6) is 0 Å². The Bertz CT molecular complexity index is 208. The van der Waals surface area contributed by atoms with Gasteiger partial charge < -0.3 is 25.2 Å². The summed E-state index contributed by atoms with van der Waals surface area (Å²) in [4.78, 5) is 2.14. The molecule has 1 atom stereocenters. The first kappa shape index (κ1) is 14.9. The van der Waals surface area contributed by atoms with Crippen molar-refractivity contribution >= 4 is 0 Å². The number of hydrogen-bond acceptors (Lipinski definition) is 5. The number of hydrogen-bond donors (Lipinski definition) is 2. The molecule has 0 aromatic carbocycles. The summed E-state index contributed by atoms with van der Waals surface area (Å²) >= 11 is 0. The first-order chi connectivity index (χ1) is 8.12. The highest BCUT2D eigenvalue weighted by Gasteiger charge is 2.32. The zero-order chi connectivity index (χ0) is 12.7. The zero-order valence-corrected chi connectivity index (χ0v) is 11.0. The molecule has 5 heteroatoms. The van der Waals surface area contributed by atoms with Gasteiger partial charge in [0.25, 0.3) is 0 Å². The van der Waals surface area contributed by atoms with E-state index in [1.165, 1.54) is 0 Å². The van der Waals surface area contributed by atoms with Crippen LogP contribution < -0.4 is 5.73 Å². The van der Waals surface area contributed by atoms with Gasteiger partial charge in [0.15, 0.2) is 0 Å². The lowest BCUT2D eigenvalue weighted by Crippen LogP contribution is -2.46. The lowest BCUT2D eigenvalue weighted by atomic mass is 9.80. The van der Waals surface area contributed by atoms with Crippen LogP contribution in [-0.2, 0) is 9.47 Å². The molecule has 3 N–H and O–H groups in total. The van der Waals surface area contributed by atoms with E-state index in [2.05, 4.69) is 4.90 Å². The molecular formula is C12H26N2O3. The van der Waals surface area contributed by atoms with E-state index in [1.54, 1.807) is 7.11 Å². The van der Waals surface area contributed by atoms with Crippen LogP contribution in [0.25, 0.3) is 0 Å². The summed E-state index contributed by atoms with van der Waals surface area (Å²) in [6.45, 7) is 4.19. The van der Waals surface area contributed by atoms with Crippen molar-refractivity contribution in [3.8, 4) is 0 Å². The molecule has 1 heterocycles. The van der Waals surface area contributed by atoms with E-state index in [4.69, 9.17) is 15.2 Å². The zero-order valence-electron chi connectivity index (χ0n) is 11.0. The standard InChI is InChI=1S/C12H26N2O3/c1-14(7-11(15)8-16-2)10-12(9-13)3-5-17-6-4-12/h11,15H,3-10,13H2,1-2H3. The van der Waals surface area contributed by atoms with Crippen LogP contribution in [0, 0.1) is 5.41 Å². The van der Waals surface area contributed by atoms with Crippen LogP contribution in [0.1, 0.15) is 12.8 Å². The molecule has 0 aromatic rings. The largest absolute Gasteiger partial charge is 0.389 e. The summed E-state index contributed by atoms with van der Waals surface area (Å²) in [5.41, 5.74) is 6.06. The van der Waals surface area contributed by atoms with Gasteiger partial charge in [-0.05, 0) is 31.8 Å².